The fraction of sp³-hybridized carbons (Fsp3) is 0.529. The van der Waals surface area contributed by atoms with Gasteiger partial charge in [0.05, 0.1) is 6.07 Å². The van der Waals surface area contributed by atoms with Crippen LogP contribution >= 0.6 is 0 Å². The molecule has 1 aliphatic carbocycles. The average Bonchev–Trinajstić information content (AvgIpc) is 2.36. The summed E-state index contributed by atoms with van der Waals surface area (Å²) in [6.45, 7) is 6.23. The Morgan fingerprint density at radius 1 is 1.21 bits per heavy atom. The van der Waals surface area contributed by atoms with Gasteiger partial charge in [-0.1, -0.05) is 24.1 Å². The van der Waals surface area contributed by atoms with Gasteiger partial charge in [-0.3, -0.25) is 4.79 Å². The maximum absolute atomic E-state index is 12.2. The van der Waals surface area contributed by atoms with Crippen molar-refractivity contribution < 1.29 is 4.79 Å². The van der Waals surface area contributed by atoms with Crippen molar-refractivity contribution in [1.82, 2.24) is 0 Å². The fourth-order valence-corrected chi connectivity index (χ4v) is 3.23. The summed E-state index contributed by atoms with van der Waals surface area (Å²) in [4.78, 5) is 12.2. The lowest BCUT2D eigenvalue weighted by Crippen LogP contribution is -2.35. The topological polar surface area (TPSA) is 40.9 Å². The van der Waals surface area contributed by atoms with Crippen molar-refractivity contribution in [2.24, 2.45) is 5.41 Å². The van der Waals surface area contributed by atoms with E-state index in [1.807, 2.05) is 0 Å². The molecule has 2 nitrogen and oxygen atoms in total. The number of benzene rings is 1. The van der Waals surface area contributed by atoms with Crippen LogP contribution in [0.15, 0.2) is 12.1 Å². The normalized spacial score (nSPS) is 23.2. The van der Waals surface area contributed by atoms with E-state index in [-0.39, 0.29) is 5.78 Å². The van der Waals surface area contributed by atoms with Gasteiger partial charge < -0.3 is 0 Å². The van der Waals surface area contributed by atoms with Gasteiger partial charge in [-0.15, -0.1) is 0 Å². The maximum Gasteiger partial charge on any atom is 0.153 e. The molecule has 0 saturated heterocycles. The van der Waals surface area contributed by atoms with Crippen molar-refractivity contribution in [2.75, 3.05) is 0 Å². The zero-order valence-electron chi connectivity index (χ0n) is 12.0. The summed E-state index contributed by atoms with van der Waals surface area (Å²) in [5.41, 5.74) is 4.04. The maximum atomic E-state index is 12.2. The van der Waals surface area contributed by atoms with Crippen LogP contribution < -0.4 is 0 Å². The van der Waals surface area contributed by atoms with Crippen LogP contribution in [0.1, 0.15) is 47.9 Å². The van der Waals surface area contributed by atoms with Gasteiger partial charge in [-0.25, -0.2) is 0 Å². The fourth-order valence-electron chi connectivity index (χ4n) is 3.23. The Labute approximate surface area is 115 Å². The van der Waals surface area contributed by atoms with Gasteiger partial charge in [0.25, 0.3) is 0 Å². The number of Topliss-reactive ketones (excluding diaryl/α,β-unsaturated/α-hetero) is 1. The van der Waals surface area contributed by atoms with Gasteiger partial charge in [0.2, 0.25) is 0 Å². The third-order valence-electron chi connectivity index (χ3n) is 4.32. The van der Waals surface area contributed by atoms with E-state index in [1.165, 1.54) is 22.3 Å². The monoisotopic (exact) mass is 255 g/mol. The number of hydrogen-bond acceptors (Lipinski definition) is 2. The molecule has 2 rings (SSSR count). The van der Waals surface area contributed by atoms with Crippen LogP contribution in [-0.2, 0) is 11.2 Å². The predicted octanol–water partition coefficient (Wildman–Crippen LogP) is 3.81. The Kier molecular flexibility index (Phi) is 3.75. The van der Waals surface area contributed by atoms with Crippen LogP contribution in [0, 0.1) is 37.5 Å². The molecule has 0 amide bonds. The van der Waals surface area contributed by atoms with E-state index in [2.05, 4.69) is 39.0 Å². The minimum absolute atomic E-state index is 0.139. The Balaban J connectivity index is 2.39. The standard InChI is InChI=1S/C17H21NO/c1-12-8-13(2)15(14(3)9-12)10-17(11-18)7-5-4-6-16(17)19/h8-9H,4-7,10H2,1-3H3. The van der Waals surface area contributed by atoms with Crippen LogP contribution in [-0.4, -0.2) is 5.78 Å². The molecular weight excluding hydrogens is 234 g/mol. The zero-order chi connectivity index (χ0) is 14.0. The van der Waals surface area contributed by atoms with Crippen LogP contribution in [0.5, 0.6) is 0 Å². The van der Waals surface area contributed by atoms with Crippen LogP contribution in [0.2, 0.25) is 0 Å². The summed E-state index contributed by atoms with van der Waals surface area (Å²) in [5.74, 6) is 0.139. The molecule has 1 saturated carbocycles. The van der Waals surface area contributed by atoms with E-state index in [9.17, 15) is 10.1 Å². The van der Waals surface area contributed by atoms with Crippen molar-refractivity contribution in [3.05, 3.63) is 34.4 Å². The predicted molar refractivity (Wildman–Crippen MR) is 75.9 cm³/mol. The zero-order valence-corrected chi connectivity index (χ0v) is 12.0. The van der Waals surface area contributed by atoms with E-state index in [0.29, 0.717) is 12.8 Å². The van der Waals surface area contributed by atoms with E-state index in [4.69, 9.17) is 0 Å². The second kappa shape index (κ2) is 5.17. The summed E-state index contributed by atoms with van der Waals surface area (Å²) in [5, 5.41) is 9.54. The molecule has 2 heteroatoms. The Morgan fingerprint density at radius 3 is 2.37 bits per heavy atom. The van der Waals surface area contributed by atoms with Crippen molar-refractivity contribution in [3.8, 4) is 6.07 Å². The van der Waals surface area contributed by atoms with Crippen molar-refractivity contribution in [1.29, 1.82) is 5.26 Å². The lowest BCUT2D eigenvalue weighted by molar-refractivity contribution is -0.128. The third kappa shape index (κ3) is 2.56. The third-order valence-corrected chi connectivity index (χ3v) is 4.32. The Hall–Kier alpha value is -1.62. The van der Waals surface area contributed by atoms with Crippen LogP contribution in [0.3, 0.4) is 0 Å². The molecular formula is C17H21NO. The number of carbonyl (C=O) groups excluding carboxylic acids is 1. The highest BCUT2D eigenvalue weighted by Crippen LogP contribution is 2.37. The summed E-state index contributed by atoms with van der Waals surface area (Å²) in [7, 11) is 0. The van der Waals surface area contributed by atoms with Gasteiger partial charge in [0, 0.05) is 6.42 Å². The molecule has 1 fully saturated rings. The number of carbonyl (C=O) groups is 1. The Morgan fingerprint density at radius 2 is 1.84 bits per heavy atom. The summed E-state index contributed by atoms with van der Waals surface area (Å²) in [6, 6.07) is 6.61. The number of nitriles is 1. The quantitative estimate of drug-likeness (QED) is 0.806. The highest BCUT2D eigenvalue weighted by molar-refractivity contribution is 5.88. The van der Waals surface area contributed by atoms with Gasteiger partial charge in [-0.05, 0) is 56.7 Å². The highest BCUT2D eigenvalue weighted by atomic mass is 16.1. The molecule has 1 aliphatic rings. The van der Waals surface area contributed by atoms with Gasteiger partial charge in [0.1, 0.15) is 5.41 Å². The number of ketones is 1. The second-order valence-electron chi connectivity index (χ2n) is 5.88. The molecule has 0 radical (unpaired) electrons. The molecule has 0 bridgehead atoms. The number of nitrogens with zero attached hydrogens (tertiary/aromatic N) is 1. The first-order valence-corrected chi connectivity index (χ1v) is 7.00. The molecule has 0 N–H and O–H groups in total. The first kappa shape index (κ1) is 13.8. The summed E-state index contributed by atoms with van der Waals surface area (Å²) in [6.07, 6.45) is 3.80. The largest absolute Gasteiger partial charge is 0.298 e. The van der Waals surface area contributed by atoms with Gasteiger partial charge in [0.15, 0.2) is 5.78 Å². The second-order valence-corrected chi connectivity index (χ2v) is 5.88. The van der Waals surface area contributed by atoms with Crippen molar-refractivity contribution >= 4 is 5.78 Å². The molecule has 19 heavy (non-hydrogen) atoms. The number of hydrogen-bond donors (Lipinski definition) is 0. The Bertz CT molecular complexity index is 530. The minimum atomic E-state index is -0.775. The lowest BCUT2D eigenvalue weighted by atomic mass is 9.69. The van der Waals surface area contributed by atoms with Gasteiger partial charge in [-0.2, -0.15) is 5.26 Å². The molecule has 0 aromatic heterocycles. The van der Waals surface area contributed by atoms with Gasteiger partial charge >= 0.3 is 0 Å². The van der Waals surface area contributed by atoms with Crippen LogP contribution in [0.4, 0.5) is 0 Å². The van der Waals surface area contributed by atoms with Crippen molar-refractivity contribution in [3.63, 3.8) is 0 Å². The van der Waals surface area contributed by atoms with E-state index in [1.54, 1.807) is 0 Å². The molecule has 1 atom stereocenters. The van der Waals surface area contributed by atoms with Crippen molar-refractivity contribution in [2.45, 2.75) is 52.9 Å². The molecule has 1 aromatic rings. The smallest absolute Gasteiger partial charge is 0.153 e. The molecule has 0 heterocycles. The molecule has 0 aliphatic heterocycles. The first-order valence-electron chi connectivity index (χ1n) is 7.00. The average molecular weight is 255 g/mol. The highest BCUT2D eigenvalue weighted by Gasteiger charge is 2.40. The minimum Gasteiger partial charge on any atom is -0.298 e. The van der Waals surface area contributed by atoms with E-state index < -0.39 is 5.41 Å². The SMILES string of the molecule is Cc1cc(C)c(CC2(C#N)CCCCC2=O)c(C)c1. The molecule has 1 aromatic carbocycles. The van der Waals surface area contributed by atoms with E-state index >= 15 is 0 Å². The molecule has 1 unspecified atom stereocenters. The first-order chi connectivity index (χ1) is 8.98. The lowest BCUT2D eigenvalue weighted by Gasteiger charge is -2.30. The molecule has 100 valence electrons. The summed E-state index contributed by atoms with van der Waals surface area (Å²) < 4.78 is 0. The van der Waals surface area contributed by atoms with E-state index in [0.717, 1.165) is 19.3 Å². The molecule has 0 spiro atoms. The van der Waals surface area contributed by atoms with Crippen LogP contribution in [0.25, 0.3) is 0 Å². The summed E-state index contributed by atoms with van der Waals surface area (Å²) >= 11 is 0. The number of aryl methyl sites for hydroxylation is 3. The number of rotatable bonds is 2.